The first-order valence-electron chi connectivity index (χ1n) is 5.34. The van der Waals surface area contributed by atoms with Crippen LogP contribution in [0.3, 0.4) is 0 Å². The number of hydrogen-bond donors (Lipinski definition) is 3. The van der Waals surface area contributed by atoms with E-state index in [1.807, 2.05) is 6.07 Å². The zero-order chi connectivity index (χ0) is 11.8. The standard InChI is InChI=1S/C12H12N2OS2/c13-9-5-7-1-2-8-6-10(14-3-4-15)17-12(8)11(7)16-9/h1-2,5-6,14-15H,3-4,13H2. The molecule has 88 valence electrons. The van der Waals surface area contributed by atoms with Gasteiger partial charge in [-0.2, -0.15) is 0 Å². The van der Waals surface area contributed by atoms with Gasteiger partial charge in [0.25, 0.3) is 0 Å². The topological polar surface area (TPSA) is 58.3 Å². The number of aliphatic hydroxyl groups excluding tert-OH is 1. The van der Waals surface area contributed by atoms with E-state index in [2.05, 4.69) is 23.5 Å². The Morgan fingerprint density at radius 2 is 1.82 bits per heavy atom. The van der Waals surface area contributed by atoms with Gasteiger partial charge in [-0.3, -0.25) is 0 Å². The van der Waals surface area contributed by atoms with Crippen LogP contribution in [-0.2, 0) is 0 Å². The van der Waals surface area contributed by atoms with Crippen LogP contribution in [0.4, 0.5) is 10.0 Å². The zero-order valence-corrected chi connectivity index (χ0v) is 10.7. The molecule has 0 spiro atoms. The molecule has 0 aliphatic heterocycles. The fourth-order valence-corrected chi connectivity index (χ4v) is 4.04. The van der Waals surface area contributed by atoms with Gasteiger partial charge in [-0.25, -0.2) is 0 Å². The second kappa shape index (κ2) is 4.18. The minimum atomic E-state index is 0.148. The molecule has 0 amide bonds. The summed E-state index contributed by atoms with van der Waals surface area (Å²) in [5.74, 6) is 0. The number of rotatable bonds is 3. The Balaban J connectivity index is 2.16. The Kier molecular flexibility index (Phi) is 2.66. The van der Waals surface area contributed by atoms with Crippen LogP contribution < -0.4 is 11.1 Å². The van der Waals surface area contributed by atoms with Gasteiger partial charge < -0.3 is 16.2 Å². The molecule has 0 fully saturated rings. The minimum absolute atomic E-state index is 0.148. The molecular formula is C12H12N2OS2. The SMILES string of the molecule is Nc1cc2ccc3cc(NCCO)sc3c2s1. The van der Waals surface area contributed by atoms with E-state index in [4.69, 9.17) is 10.8 Å². The van der Waals surface area contributed by atoms with Gasteiger partial charge in [0.05, 0.1) is 26.0 Å². The minimum Gasteiger partial charge on any atom is -0.395 e. The molecule has 2 heterocycles. The van der Waals surface area contributed by atoms with Crippen molar-refractivity contribution in [2.75, 3.05) is 24.2 Å². The van der Waals surface area contributed by atoms with Gasteiger partial charge in [-0.15, -0.1) is 22.7 Å². The van der Waals surface area contributed by atoms with Crippen molar-refractivity contribution in [3.05, 3.63) is 24.3 Å². The van der Waals surface area contributed by atoms with Gasteiger partial charge in [-0.05, 0) is 22.9 Å². The molecule has 1 aromatic carbocycles. The molecule has 17 heavy (non-hydrogen) atoms. The lowest BCUT2D eigenvalue weighted by molar-refractivity contribution is 0.311. The number of nitrogens with two attached hydrogens (primary N) is 1. The predicted molar refractivity (Wildman–Crippen MR) is 77.2 cm³/mol. The first-order valence-corrected chi connectivity index (χ1v) is 6.97. The molecule has 0 saturated heterocycles. The van der Waals surface area contributed by atoms with E-state index in [-0.39, 0.29) is 6.61 Å². The second-order valence-corrected chi connectivity index (χ2v) is 5.95. The third-order valence-electron chi connectivity index (χ3n) is 2.60. The van der Waals surface area contributed by atoms with Crippen LogP contribution in [0.2, 0.25) is 0 Å². The maximum absolute atomic E-state index is 8.81. The van der Waals surface area contributed by atoms with Crippen molar-refractivity contribution in [3.8, 4) is 0 Å². The monoisotopic (exact) mass is 264 g/mol. The smallest absolute Gasteiger partial charge is 0.0896 e. The molecule has 0 atom stereocenters. The molecule has 0 aliphatic rings. The third-order valence-corrected chi connectivity index (χ3v) is 4.85. The van der Waals surface area contributed by atoms with Gasteiger partial charge in [0.15, 0.2) is 0 Å². The van der Waals surface area contributed by atoms with Gasteiger partial charge in [0.2, 0.25) is 0 Å². The molecule has 2 aromatic heterocycles. The normalized spacial score (nSPS) is 11.4. The lowest BCUT2D eigenvalue weighted by Crippen LogP contribution is -2.03. The van der Waals surface area contributed by atoms with E-state index in [1.54, 1.807) is 22.7 Å². The molecule has 3 aromatic rings. The highest BCUT2D eigenvalue weighted by Crippen LogP contribution is 2.39. The van der Waals surface area contributed by atoms with E-state index in [1.165, 1.54) is 20.2 Å². The summed E-state index contributed by atoms with van der Waals surface area (Å²) in [5, 5.41) is 16.4. The van der Waals surface area contributed by atoms with Crippen molar-refractivity contribution in [1.82, 2.24) is 0 Å². The number of nitrogen functional groups attached to an aromatic ring is 1. The summed E-state index contributed by atoms with van der Waals surface area (Å²) in [6, 6.07) is 8.35. The van der Waals surface area contributed by atoms with Gasteiger partial charge in [0.1, 0.15) is 0 Å². The van der Waals surface area contributed by atoms with E-state index in [9.17, 15) is 0 Å². The van der Waals surface area contributed by atoms with Gasteiger partial charge in [-0.1, -0.05) is 12.1 Å². The number of anilines is 2. The Morgan fingerprint density at radius 3 is 2.59 bits per heavy atom. The van der Waals surface area contributed by atoms with Crippen molar-refractivity contribution < 1.29 is 5.11 Å². The average Bonchev–Trinajstić information content (AvgIpc) is 2.87. The molecule has 0 saturated carbocycles. The van der Waals surface area contributed by atoms with Crippen LogP contribution in [0.25, 0.3) is 20.2 Å². The Labute approximate surface area is 106 Å². The summed E-state index contributed by atoms with van der Waals surface area (Å²) >= 11 is 3.34. The average molecular weight is 264 g/mol. The van der Waals surface area contributed by atoms with Crippen molar-refractivity contribution in [3.63, 3.8) is 0 Å². The molecule has 3 nitrogen and oxygen atoms in total. The van der Waals surface area contributed by atoms with Crippen molar-refractivity contribution in [2.24, 2.45) is 0 Å². The highest BCUT2D eigenvalue weighted by atomic mass is 32.1. The van der Waals surface area contributed by atoms with E-state index >= 15 is 0 Å². The first-order chi connectivity index (χ1) is 8.28. The van der Waals surface area contributed by atoms with Crippen LogP contribution in [-0.4, -0.2) is 18.3 Å². The summed E-state index contributed by atoms with van der Waals surface area (Å²) in [4.78, 5) is 0. The molecular weight excluding hydrogens is 252 g/mol. The largest absolute Gasteiger partial charge is 0.395 e. The number of aliphatic hydroxyl groups is 1. The molecule has 0 radical (unpaired) electrons. The van der Waals surface area contributed by atoms with Crippen LogP contribution >= 0.6 is 22.7 Å². The quantitative estimate of drug-likeness (QED) is 0.681. The van der Waals surface area contributed by atoms with Gasteiger partial charge in [0, 0.05) is 6.54 Å². The lowest BCUT2D eigenvalue weighted by atomic mass is 10.2. The fourth-order valence-electron chi connectivity index (χ4n) is 1.88. The lowest BCUT2D eigenvalue weighted by Gasteiger charge is -1.97. The van der Waals surface area contributed by atoms with E-state index in [0.29, 0.717) is 6.54 Å². The van der Waals surface area contributed by atoms with Crippen LogP contribution in [0.15, 0.2) is 24.3 Å². The number of nitrogens with one attached hydrogen (secondary N) is 1. The maximum Gasteiger partial charge on any atom is 0.0896 e. The molecule has 4 N–H and O–H groups in total. The van der Waals surface area contributed by atoms with Crippen LogP contribution in [0.5, 0.6) is 0 Å². The Hall–Kier alpha value is -1.30. The number of thiophene rings is 2. The van der Waals surface area contributed by atoms with Crippen LogP contribution in [0.1, 0.15) is 0 Å². The van der Waals surface area contributed by atoms with Crippen LogP contribution in [0, 0.1) is 0 Å². The number of hydrogen-bond acceptors (Lipinski definition) is 5. The van der Waals surface area contributed by atoms with E-state index in [0.717, 1.165) is 10.0 Å². The summed E-state index contributed by atoms with van der Waals surface area (Å²) in [7, 11) is 0. The summed E-state index contributed by atoms with van der Waals surface area (Å²) < 4.78 is 2.52. The highest BCUT2D eigenvalue weighted by molar-refractivity contribution is 7.30. The van der Waals surface area contributed by atoms with Crippen molar-refractivity contribution in [1.29, 1.82) is 0 Å². The predicted octanol–water partition coefficient (Wildman–Crippen LogP) is 3.10. The molecule has 0 unspecified atom stereocenters. The maximum atomic E-state index is 8.81. The molecule has 0 bridgehead atoms. The summed E-state index contributed by atoms with van der Waals surface area (Å²) in [6.45, 7) is 0.734. The molecule has 3 rings (SSSR count). The Bertz CT molecular complexity index is 672. The first kappa shape index (κ1) is 10.8. The van der Waals surface area contributed by atoms with Gasteiger partial charge >= 0.3 is 0 Å². The summed E-state index contributed by atoms with van der Waals surface area (Å²) in [5.41, 5.74) is 5.84. The number of benzene rings is 1. The summed E-state index contributed by atoms with van der Waals surface area (Å²) in [6.07, 6.45) is 0. The van der Waals surface area contributed by atoms with E-state index < -0.39 is 0 Å². The van der Waals surface area contributed by atoms with Crippen molar-refractivity contribution >= 4 is 52.8 Å². The fraction of sp³-hybridized carbons (Fsp3) is 0.167. The molecule has 5 heteroatoms. The zero-order valence-electron chi connectivity index (χ0n) is 9.06. The third kappa shape index (κ3) is 1.86. The number of fused-ring (bicyclic) bond motifs is 3. The van der Waals surface area contributed by atoms with Crippen molar-refractivity contribution in [2.45, 2.75) is 0 Å². The molecule has 0 aliphatic carbocycles. The Morgan fingerprint density at radius 1 is 1.12 bits per heavy atom. The highest BCUT2D eigenvalue weighted by Gasteiger charge is 2.08. The second-order valence-electron chi connectivity index (χ2n) is 3.81.